The lowest BCUT2D eigenvalue weighted by Crippen LogP contribution is -2.18. The van der Waals surface area contributed by atoms with Gasteiger partial charge in [0.25, 0.3) is 0 Å². The highest BCUT2D eigenvalue weighted by Crippen LogP contribution is 2.10. The Hall–Kier alpha value is -2.95. The first-order chi connectivity index (χ1) is 12.5. The highest BCUT2D eigenvalue weighted by atomic mass is 16.8. The van der Waals surface area contributed by atoms with E-state index < -0.39 is 18.1 Å². The number of esters is 2. The van der Waals surface area contributed by atoms with Crippen LogP contribution in [-0.4, -0.2) is 18.1 Å². The summed E-state index contributed by atoms with van der Waals surface area (Å²) >= 11 is 0. The van der Waals surface area contributed by atoms with Gasteiger partial charge in [-0.15, -0.1) is 0 Å². The van der Waals surface area contributed by atoms with E-state index in [-0.39, 0.29) is 11.1 Å². The zero-order valence-electron chi connectivity index (χ0n) is 15.0. The Morgan fingerprint density at radius 2 is 1.00 bits per heavy atom. The fourth-order valence-electron chi connectivity index (χ4n) is 2.48. The van der Waals surface area contributed by atoms with Crippen LogP contribution in [0.1, 0.15) is 58.5 Å². The average Bonchev–Trinajstić information content (AvgIpc) is 2.63. The van der Waals surface area contributed by atoms with E-state index in [0.29, 0.717) is 0 Å². The molecule has 5 heteroatoms. The van der Waals surface area contributed by atoms with E-state index >= 15 is 0 Å². The molecule has 2 aromatic rings. The first kappa shape index (κ1) is 19.4. The molecule has 2 aromatic carbocycles. The van der Waals surface area contributed by atoms with Crippen molar-refractivity contribution in [3.05, 3.63) is 70.8 Å². The number of aryl methyl sites for hydroxylation is 2. The maximum absolute atomic E-state index is 11.9. The Labute approximate surface area is 152 Å². The molecule has 0 N–H and O–H groups in total. The summed E-state index contributed by atoms with van der Waals surface area (Å²) in [6.07, 6.45) is 2.47. The zero-order chi connectivity index (χ0) is 18.9. The highest BCUT2D eigenvalue weighted by molar-refractivity contribution is 6.00. The minimum atomic E-state index is -1.34. The van der Waals surface area contributed by atoms with Crippen LogP contribution < -0.4 is 0 Å². The van der Waals surface area contributed by atoms with Crippen molar-refractivity contribution in [3.8, 4) is 0 Å². The van der Waals surface area contributed by atoms with E-state index in [4.69, 9.17) is 0 Å². The van der Waals surface area contributed by atoms with Gasteiger partial charge in [-0.3, -0.25) is 0 Å². The molecular formula is C21H22O5. The van der Waals surface area contributed by atoms with Crippen molar-refractivity contribution in [3.63, 3.8) is 0 Å². The fraction of sp³-hybridized carbons (Fsp3) is 0.286. The summed E-state index contributed by atoms with van der Waals surface area (Å²) < 4.78 is 9.14. The molecule has 0 heterocycles. The van der Waals surface area contributed by atoms with Crippen molar-refractivity contribution in [2.45, 2.75) is 39.5 Å². The number of carbonyl (C=O) groups excluding carboxylic acids is 3. The minimum absolute atomic E-state index is 0.221. The molecule has 0 aliphatic rings. The van der Waals surface area contributed by atoms with Gasteiger partial charge < -0.3 is 9.47 Å². The Kier molecular flexibility index (Phi) is 7.09. The lowest BCUT2D eigenvalue weighted by molar-refractivity contribution is 0.0337. The van der Waals surface area contributed by atoms with Crippen molar-refractivity contribution in [2.75, 3.05) is 0 Å². The second kappa shape index (κ2) is 9.51. The second-order valence-corrected chi connectivity index (χ2v) is 5.92. The molecule has 5 nitrogen and oxygen atoms in total. The number of benzene rings is 2. The molecule has 136 valence electrons. The molecule has 0 saturated carbocycles. The van der Waals surface area contributed by atoms with Crippen LogP contribution in [0.5, 0.6) is 0 Å². The monoisotopic (exact) mass is 354 g/mol. The van der Waals surface area contributed by atoms with Crippen LogP contribution in [0.3, 0.4) is 0 Å². The van der Waals surface area contributed by atoms with Crippen LogP contribution in [0.4, 0.5) is 4.79 Å². The van der Waals surface area contributed by atoms with E-state index in [1.807, 2.05) is 0 Å². The third-order valence-corrected chi connectivity index (χ3v) is 3.81. The first-order valence-electron chi connectivity index (χ1n) is 8.69. The maximum atomic E-state index is 11.9. The van der Waals surface area contributed by atoms with Crippen LogP contribution >= 0.6 is 0 Å². The summed E-state index contributed by atoms with van der Waals surface area (Å²) in [6, 6.07) is 13.5. The molecule has 0 aliphatic heterocycles. The van der Waals surface area contributed by atoms with Crippen LogP contribution in [0, 0.1) is 0 Å². The van der Waals surface area contributed by atoms with Gasteiger partial charge in [0.15, 0.2) is 0 Å². The maximum Gasteiger partial charge on any atom is 0.524 e. The molecule has 26 heavy (non-hydrogen) atoms. The normalized spacial score (nSPS) is 10.2. The number of hydrogen-bond acceptors (Lipinski definition) is 5. The lowest BCUT2D eigenvalue weighted by atomic mass is 10.1. The van der Waals surface area contributed by atoms with E-state index in [1.165, 1.54) is 0 Å². The standard InChI is InChI=1S/C21H22O5/c1-3-5-15-7-11-17(12-8-15)19(22)25-21(24)26-20(23)18-13-9-16(6-4-2)10-14-18/h7-14H,3-6H2,1-2H3. The Morgan fingerprint density at radius 1 is 0.654 bits per heavy atom. The molecule has 0 spiro atoms. The van der Waals surface area contributed by atoms with Crippen molar-refractivity contribution in [1.82, 2.24) is 0 Å². The Morgan fingerprint density at radius 3 is 1.31 bits per heavy atom. The smallest absolute Gasteiger partial charge is 0.356 e. The van der Waals surface area contributed by atoms with Crippen LogP contribution in [0.2, 0.25) is 0 Å². The van der Waals surface area contributed by atoms with E-state index in [2.05, 4.69) is 23.3 Å². The molecule has 0 radical (unpaired) electrons. The fourth-order valence-corrected chi connectivity index (χ4v) is 2.48. The predicted octanol–water partition coefficient (Wildman–Crippen LogP) is 4.73. The zero-order valence-corrected chi connectivity index (χ0v) is 15.0. The number of hydrogen-bond donors (Lipinski definition) is 0. The van der Waals surface area contributed by atoms with Crippen molar-refractivity contribution in [2.24, 2.45) is 0 Å². The Bertz CT molecular complexity index is 694. The molecule has 2 rings (SSSR count). The molecule has 0 aromatic heterocycles. The minimum Gasteiger partial charge on any atom is -0.356 e. The van der Waals surface area contributed by atoms with Gasteiger partial charge >= 0.3 is 18.1 Å². The van der Waals surface area contributed by atoms with Crippen LogP contribution in [0.25, 0.3) is 0 Å². The first-order valence-corrected chi connectivity index (χ1v) is 8.69. The third kappa shape index (κ3) is 5.55. The van der Waals surface area contributed by atoms with Crippen molar-refractivity contribution in [1.29, 1.82) is 0 Å². The summed E-state index contributed by atoms with van der Waals surface area (Å²) in [6.45, 7) is 4.12. The molecule has 0 aliphatic carbocycles. The van der Waals surface area contributed by atoms with Crippen LogP contribution in [0.15, 0.2) is 48.5 Å². The summed E-state index contributed by atoms with van der Waals surface area (Å²) in [4.78, 5) is 35.5. The molecule has 0 fully saturated rings. The summed E-state index contributed by atoms with van der Waals surface area (Å²) in [5, 5.41) is 0. The van der Waals surface area contributed by atoms with Gasteiger partial charge in [-0.05, 0) is 48.2 Å². The number of ether oxygens (including phenoxy) is 2. The van der Waals surface area contributed by atoms with Gasteiger partial charge in [0.2, 0.25) is 0 Å². The summed E-state index contributed by atoms with van der Waals surface area (Å²) in [5.74, 6) is -1.71. The number of rotatable bonds is 6. The van der Waals surface area contributed by atoms with Gasteiger partial charge in [-0.25, -0.2) is 14.4 Å². The van der Waals surface area contributed by atoms with E-state index in [0.717, 1.165) is 36.8 Å². The number of carbonyl (C=O) groups is 3. The second-order valence-electron chi connectivity index (χ2n) is 5.92. The molecular weight excluding hydrogens is 332 g/mol. The van der Waals surface area contributed by atoms with E-state index in [9.17, 15) is 14.4 Å². The van der Waals surface area contributed by atoms with Gasteiger partial charge in [0.1, 0.15) is 0 Å². The summed E-state index contributed by atoms with van der Waals surface area (Å²) in [7, 11) is 0. The quantitative estimate of drug-likeness (QED) is 0.554. The summed E-state index contributed by atoms with van der Waals surface area (Å²) in [5.41, 5.74) is 2.62. The molecule has 0 amide bonds. The average molecular weight is 354 g/mol. The predicted molar refractivity (Wildman–Crippen MR) is 97.1 cm³/mol. The Balaban J connectivity index is 1.90. The SMILES string of the molecule is CCCc1ccc(C(=O)OC(=O)OC(=O)c2ccc(CCC)cc2)cc1. The van der Waals surface area contributed by atoms with E-state index in [1.54, 1.807) is 48.5 Å². The largest absolute Gasteiger partial charge is 0.524 e. The van der Waals surface area contributed by atoms with Gasteiger partial charge in [0, 0.05) is 0 Å². The van der Waals surface area contributed by atoms with Crippen molar-refractivity contribution >= 4 is 18.1 Å². The third-order valence-electron chi connectivity index (χ3n) is 3.81. The molecule has 0 bridgehead atoms. The van der Waals surface area contributed by atoms with Gasteiger partial charge in [-0.2, -0.15) is 0 Å². The van der Waals surface area contributed by atoms with Gasteiger partial charge in [0.05, 0.1) is 11.1 Å². The molecule has 0 atom stereocenters. The topological polar surface area (TPSA) is 69.7 Å². The molecule has 0 unspecified atom stereocenters. The van der Waals surface area contributed by atoms with Crippen molar-refractivity contribution < 1.29 is 23.9 Å². The lowest BCUT2D eigenvalue weighted by Gasteiger charge is -2.05. The molecule has 0 saturated heterocycles. The highest BCUT2D eigenvalue weighted by Gasteiger charge is 2.19. The van der Waals surface area contributed by atoms with Gasteiger partial charge in [-0.1, -0.05) is 51.0 Å². The van der Waals surface area contributed by atoms with Crippen LogP contribution in [-0.2, 0) is 22.3 Å².